The normalized spacial score (nSPS) is 22.1. The Labute approximate surface area is 102 Å². The second-order valence-corrected chi connectivity index (χ2v) is 5.07. The Kier molecular flexibility index (Phi) is 4.03. The smallest absolute Gasteiger partial charge is 0.246 e. The van der Waals surface area contributed by atoms with Crippen LogP contribution in [0.1, 0.15) is 34.1 Å². The molecule has 2 amide bonds. The van der Waals surface area contributed by atoms with Crippen molar-refractivity contribution in [2.75, 3.05) is 13.1 Å². The van der Waals surface area contributed by atoms with Crippen LogP contribution in [0.3, 0.4) is 0 Å². The highest BCUT2D eigenvalue weighted by Crippen LogP contribution is 2.18. The molecule has 1 unspecified atom stereocenters. The predicted molar refractivity (Wildman–Crippen MR) is 63.3 cm³/mol. The number of imide groups is 1. The molecule has 1 atom stereocenters. The molecule has 0 saturated carbocycles. The van der Waals surface area contributed by atoms with Gasteiger partial charge < -0.3 is 0 Å². The summed E-state index contributed by atoms with van der Waals surface area (Å²) in [4.78, 5) is 36.5. The summed E-state index contributed by atoms with van der Waals surface area (Å²) < 4.78 is 0. The standard InChI is InChI=1S/C12H20N2O3/c1-5-8(2)9(15)6-14-7-10(16)13-11(17)12(14,3)4/h8H,5-7H2,1-4H3,(H,13,16,17). The third kappa shape index (κ3) is 2.91. The molecule has 0 aromatic carbocycles. The molecular weight excluding hydrogens is 220 g/mol. The summed E-state index contributed by atoms with van der Waals surface area (Å²) in [6.45, 7) is 7.50. The highest BCUT2D eigenvalue weighted by atomic mass is 16.2. The van der Waals surface area contributed by atoms with Crippen LogP contribution in [-0.2, 0) is 14.4 Å². The van der Waals surface area contributed by atoms with Crippen LogP contribution in [0.25, 0.3) is 0 Å². The summed E-state index contributed by atoms with van der Waals surface area (Å²) >= 11 is 0. The molecule has 96 valence electrons. The molecule has 0 aliphatic carbocycles. The average Bonchev–Trinajstić information content (AvgIpc) is 2.24. The second-order valence-electron chi connectivity index (χ2n) is 5.07. The number of hydrogen-bond donors (Lipinski definition) is 1. The third-order valence-electron chi connectivity index (χ3n) is 3.44. The van der Waals surface area contributed by atoms with E-state index in [1.54, 1.807) is 18.7 Å². The molecule has 5 nitrogen and oxygen atoms in total. The Morgan fingerprint density at radius 2 is 2.06 bits per heavy atom. The number of piperazine rings is 1. The van der Waals surface area contributed by atoms with Gasteiger partial charge in [-0.3, -0.25) is 24.6 Å². The highest BCUT2D eigenvalue weighted by molar-refractivity contribution is 6.03. The van der Waals surface area contributed by atoms with Crippen LogP contribution < -0.4 is 5.32 Å². The fourth-order valence-corrected chi connectivity index (χ4v) is 1.66. The van der Waals surface area contributed by atoms with E-state index >= 15 is 0 Å². The zero-order valence-electron chi connectivity index (χ0n) is 10.9. The van der Waals surface area contributed by atoms with Crippen LogP contribution in [0, 0.1) is 5.92 Å². The van der Waals surface area contributed by atoms with E-state index in [4.69, 9.17) is 0 Å². The minimum absolute atomic E-state index is 0.0362. The molecule has 17 heavy (non-hydrogen) atoms. The maximum Gasteiger partial charge on any atom is 0.246 e. The lowest BCUT2D eigenvalue weighted by Crippen LogP contribution is -2.64. The Balaban J connectivity index is 2.77. The van der Waals surface area contributed by atoms with Gasteiger partial charge in [0.25, 0.3) is 0 Å². The minimum Gasteiger partial charge on any atom is -0.298 e. The van der Waals surface area contributed by atoms with Gasteiger partial charge in [-0.05, 0) is 20.3 Å². The molecule has 0 spiro atoms. The molecule has 1 aliphatic heterocycles. The summed E-state index contributed by atoms with van der Waals surface area (Å²) in [5.41, 5.74) is -0.809. The highest BCUT2D eigenvalue weighted by Gasteiger charge is 2.41. The van der Waals surface area contributed by atoms with Gasteiger partial charge in [0.1, 0.15) is 5.78 Å². The number of carbonyl (C=O) groups excluding carboxylic acids is 3. The Hall–Kier alpha value is -1.23. The largest absolute Gasteiger partial charge is 0.298 e. The molecule has 1 rings (SSSR count). The number of amides is 2. The lowest BCUT2D eigenvalue weighted by atomic mass is 9.96. The summed E-state index contributed by atoms with van der Waals surface area (Å²) in [6, 6.07) is 0. The maximum absolute atomic E-state index is 11.9. The molecule has 0 aromatic rings. The van der Waals surface area contributed by atoms with Crippen molar-refractivity contribution in [3.8, 4) is 0 Å². The van der Waals surface area contributed by atoms with Crippen molar-refractivity contribution in [3.63, 3.8) is 0 Å². The number of rotatable bonds is 4. The SMILES string of the molecule is CCC(C)C(=O)CN1CC(=O)NC(=O)C1(C)C. The predicted octanol–water partition coefficient (Wildman–Crippen LogP) is 0.339. The van der Waals surface area contributed by atoms with Crippen molar-refractivity contribution in [2.24, 2.45) is 5.92 Å². The van der Waals surface area contributed by atoms with Crippen molar-refractivity contribution in [3.05, 3.63) is 0 Å². The van der Waals surface area contributed by atoms with Crippen molar-refractivity contribution >= 4 is 17.6 Å². The van der Waals surface area contributed by atoms with Crippen molar-refractivity contribution in [1.82, 2.24) is 10.2 Å². The average molecular weight is 240 g/mol. The summed E-state index contributed by atoms with van der Waals surface area (Å²) in [7, 11) is 0. The van der Waals surface area contributed by atoms with Crippen LogP contribution in [0.5, 0.6) is 0 Å². The first-order valence-corrected chi connectivity index (χ1v) is 5.91. The quantitative estimate of drug-likeness (QED) is 0.720. The number of ketones is 1. The molecule has 0 aromatic heterocycles. The van der Waals surface area contributed by atoms with Crippen molar-refractivity contribution in [1.29, 1.82) is 0 Å². The third-order valence-corrected chi connectivity index (χ3v) is 3.44. The molecule has 1 aliphatic rings. The van der Waals surface area contributed by atoms with Gasteiger partial charge in [0.05, 0.1) is 18.6 Å². The van der Waals surface area contributed by atoms with Crippen molar-refractivity contribution < 1.29 is 14.4 Å². The molecular formula is C12H20N2O3. The van der Waals surface area contributed by atoms with Crippen molar-refractivity contribution in [2.45, 2.75) is 39.7 Å². The molecule has 1 fully saturated rings. The van der Waals surface area contributed by atoms with Gasteiger partial charge in [0, 0.05) is 5.92 Å². The van der Waals surface area contributed by atoms with Gasteiger partial charge in [0.15, 0.2) is 0 Å². The van der Waals surface area contributed by atoms with Gasteiger partial charge >= 0.3 is 0 Å². The van der Waals surface area contributed by atoms with Crippen LogP contribution in [0.4, 0.5) is 0 Å². The van der Waals surface area contributed by atoms with E-state index in [1.807, 2.05) is 13.8 Å². The Bertz CT molecular complexity index is 350. The number of Topliss-reactive ketones (excluding diaryl/α,β-unsaturated/α-hetero) is 1. The summed E-state index contributed by atoms with van der Waals surface area (Å²) in [5.74, 6) is -0.647. The number of nitrogens with zero attached hydrogens (tertiary/aromatic N) is 1. The molecule has 1 N–H and O–H groups in total. The first-order chi connectivity index (χ1) is 7.78. The van der Waals surface area contributed by atoms with E-state index in [9.17, 15) is 14.4 Å². The fourth-order valence-electron chi connectivity index (χ4n) is 1.66. The summed E-state index contributed by atoms with van der Waals surface area (Å²) in [5, 5.41) is 2.29. The minimum atomic E-state index is -0.809. The van der Waals surface area contributed by atoms with Gasteiger partial charge in [-0.25, -0.2) is 0 Å². The van der Waals surface area contributed by atoms with Crippen LogP contribution in [0.2, 0.25) is 0 Å². The van der Waals surface area contributed by atoms with Gasteiger partial charge in [-0.1, -0.05) is 13.8 Å². The van der Waals surface area contributed by atoms with Gasteiger partial charge in [-0.2, -0.15) is 0 Å². The zero-order chi connectivity index (χ0) is 13.2. The van der Waals surface area contributed by atoms with Gasteiger partial charge in [0.2, 0.25) is 11.8 Å². The molecule has 1 saturated heterocycles. The first kappa shape index (κ1) is 13.8. The van der Waals surface area contributed by atoms with E-state index in [0.717, 1.165) is 6.42 Å². The number of nitrogens with one attached hydrogen (secondary N) is 1. The van der Waals surface area contributed by atoms with E-state index < -0.39 is 5.54 Å². The molecule has 0 bridgehead atoms. The van der Waals surface area contributed by atoms with E-state index in [1.165, 1.54) is 0 Å². The van der Waals surface area contributed by atoms with Gasteiger partial charge in [-0.15, -0.1) is 0 Å². The molecule has 1 heterocycles. The Morgan fingerprint density at radius 1 is 1.47 bits per heavy atom. The maximum atomic E-state index is 11.9. The Morgan fingerprint density at radius 3 is 2.59 bits per heavy atom. The van der Waals surface area contributed by atoms with E-state index in [2.05, 4.69) is 5.32 Å². The number of carbonyl (C=O) groups is 3. The topological polar surface area (TPSA) is 66.5 Å². The first-order valence-electron chi connectivity index (χ1n) is 5.91. The number of hydrogen-bond acceptors (Lipinski definition) is 4. The van der Waals surface area contributed by atoms with Crippen LogP contribution in [0.15, 0.2) is 0 Å². The summed E-state index contributed by atoms with van der Waals surface area (Å²) in [6.07, 6.45) is 0.771. The van der Waals surface area contributed by atoms with E-state index in [0.29, 0.717) is 0 Å². The van der Waals surface area contributed by atoms with Crippen LogP contribution >= 0.6 is 0 Å². The molecule has 5 heteroatoms. The lowest BCUT2D eigenvalue weighted by Gasteiger charge is -2.39. The zero-order valence-corrected chi connectivity index (χ0v) is 10.9. The molecule has 0 radical (unpaired) electrons. The fraction of sp³-hybridized carbons (Fsp3) is 0.750. The lowest BCUT2D eigenvalue weighted by molar-refractivity contribution is -0.146. The van der Waals surface area contributed by atoms with E-state index in [-0.39, 0.29) is 36.6 Å². The monoisotopic (exact) mass is 240 g/mol. The van der Waals surface area contributed by atoms with Crippen LogP contribution in [-0.4, -0.2) is 41.1 Å². The second kappa shape index (κ2) is 4.96.